The topological polar surface area (TPSA) is 52.0 Å². The highest BCUT2D eigenvalue weighted by Crippen LogP contribution is 2.32. The molecule has 2 aromatic heterocycles. The van der Waals surface area contributed by atoms with Gasteiger partial charge in [-0.15, -0.1) is 0 Å². The lowest BCUT2D eigenvalue weighted by Gasteiger charge is -2.09. The van der Waals surface area contributed by atoms with Crippen LogP contribution in [0.5, 0.6) is 0 Å². The van der Waals surface area contributed by atoms with Gasteiger partial charge in [-0.1, -0.05) is 18.2 Å². The summed E-state index contributed by atoms with van der Waals surface area (Å²) in [6, 6.07) is 12.1. The molecule has 4 nitrogen and oxygen atoms in total. The summed E-state index contributed by atoms with van der Waals surface area (Å²) >= 11 is 0. The van der Waals surface area contributed by atoms with Crippen LogP contribution in [0.25, 0.3) is 22.3 Å². The van der Waals surface area contributed by atoms with Gasteiger partial charge < -0.3 is 9.36 Å². The minimum atomic E-state index is 0.0189. The summed E-state index contributed by atoms with van der Waals surface area (Å²) in [5.74, 6) is 0. The van der Waals surface area contributed by atoms with Gasteiger partial charge in [0, 0.05) is 22.9 Å². The van der Waals surface area contributed by atoms with Gasteiger partial charge in [0.15, 0.2) is 0 Å². The summed E-state index contributed by atoms with van der Waals surface area (Å²) in [6.07, 6.45) is 1.92. The van der Waals surface area contributed by atoms with E-state index < -0.39 is 0 Å². The molecule has 23 heavy (non-hydrogen) atoms. The van der Waals surface area contributed by atoms with Crippen LogP contribution in [0.1, 0.15) is 23.1 Å². The third-order valence-electron chi connectivity index (χ3n) is 4.55. The van der Waals surface area contributed by atoms with Gasteiger partial charge in [0.05, 0.1) is 23.4 Å². The third-order valence-corrected chi connectivity index (χ3v) is 4.55. The van der Waals surface area contributed by atoms with Crippen molar-refractivity contribution in [2.24, 2.45) is 0 Å². The first-order chi connectivity index (χ1) is 11.2. The van der Waals surface area contributed by atoms with E-state index in [1.165, 1.54) is 0 Å². The first-order valence-electron chi connectivity index (χ1n) is 7.75. The summed E-state index contributed by atoms with van der Waals surface area (Å²) in [4.78, 5) is 28.1. The molecule has 114 valence electrons. The van der Waals surface area contributed by atoms with Crippen molar-refractivity contribution in [3.63, 3.8) is 0 Å². The van der Waals surface area contributed by atoms with Crippen LogP contribution >= 0.6 is 0 Å². The fourth-order valence-electron chi connectivity index (χ4n) is 3.30. The second-order valence-corrected chi connectivity index (χ2v) is 5.97. The van der Waals surface area contributed by atoms with E-state index in [9.17, 15) is 9.59 Å². The molecule has 3 heterocycles. The number of aryl methyl sites for hydroxylation is 1. The van der Waals surface area contributed by atoms with Gasteiger partial charge in [0.25, 0.3) is 5.56 Å². The number of fused-ring (bicyclic) bond motifs is 4. The van der Waals surface area contributed by atoms with Crippen molar-refractivity contribution in [2.45, 2.75) is 26.3 Å². The van der Waals surface area contributed by atoms with Crippen LogP contribution < -0.4 is 5.56 Å². The van der Waals surface area contributed by atoms with Crippen LogP contribution in [0.15, 0.2) is 41.2 Å². The van der Waals surface area contributed by atoms with E-state index >= 15 is 0 Å². The highest BCUT2D eigenvalue weighted by atomic mass is 16.1. The minimum absolute atomic E-state index is 0.0189. The highest BCUT2D eigenvalue weighted by molar-refractivity contribution is 5.83. The molecule has 1 aliphatic heterocycles. The van der Waals surface area contributed by atoms with E-state index in [0.29, 0.717) is 19.4 Å². The van der Waals surface area contributed by atoms with E-state index in [-0.39, 0.29) is 5.56 Å². The van der Waals surface area contributed by atoms with Gasteiger partial charge >= 0.3 is 0 Å². The van der Waals surface area contributed by atoms with Gasteiger partial charge in [-0.05, 0) is 37.1 Å². The predicted molar refractivity (Wildman–Crippen MR) is 89.7 cm³/mol. The Balaban J connectivity index is 1.94. The molecule has 0 saturated carbocycles. The number of rotatable bonds is 3. The number of nitrogens with zero attached hydrogens (tertiary/aromatic N) is 2. The second kappa shape index (κ2) is 5.16. The normalized spacial score (nSPS) is 12.2. The average Bonchev–Trinajstić information content (AvgIpc) is 2.92. The molecule has 0 fully saturated rings. The zero-order chi connectivity index (χ0) is 16.0. The number of aldehydes is 1. The van der Waals surface area contributed by atoms with E-state index in [1.807, 2.05) is 37.3 Å². The number of para-hydroxylation sites is 1. The Labute approximate surface area is 133 Å². The van der Waals surface area contributed by atoms with Gasteiger partial charge in [0.1, 0.15) is 6.29 Å². The van der Waals surface area contributed by atoms with E-state index in [0.717, 1.165) is 45.3 Å². The number of benzene rings is 1. The smallest absolute Gasteiger partial charge is 0.254 e. The Morgan fingerprint density at radius 1 is 1.26 bits per heavy atom. The molecule has 0 atom stereocenters. The summed E-state index contributed by atoms with van der Waals surface area (Å²) < 4.78 is 1.79. The molecule has 0 spiro atoms. The maximum atomic E-state index is 12.7. The molecule has 0 aliphatic carbocycles. The monoisotopic (exact) mass is 304 g/mol. The molecular weight excluding hydrogens is 288 g/mol. The number of carbonyl (C=O) groups excluding carboxylic acids is 1. The molecule has 0 saturated heterocycles. The molecular formula is C19H16N2O2. The Morgan fingerprint density at radius 2 is 2.09 bits per heavy atom. The van der Waals surface area contributed by atoms with Crippen LogP contribution in [0.2, 0.25) is 0 Å². The highest BCUT2D eigenvalue weighted by Gasteiger charge is 2.23. The SMILES string of the molecule is Cc1c(CCC=O)cc2n(c1=O)Cc1cc3ccccc3nc1-2. The Hall–Kier alpha value is -2.75. The molecule has 0 amide bonds. The lowest BCUT2D eigenvalue weighted by molar-refractivity contribution is -0.107. The number of pyridine rings is 2. The largest absolute Gasteiger partial charge is 0.303 e. The van der Waals surface area contributed by atoms with Gasteiger partial charge in [-0.2, -0.15) is 0 Å². The van der Waals surface area contributed by atoms with Crippen molar-refractivity contribution < 1.29 is 4.79 Å². The zero-order valence-electron chi connectivity index (χ0n) is 12.9. The predicted octanol–water partition coefficient (Wildman–Crippen LogP) is 2.87. The molecule has 1 aromatic carbocycles. The van der Waals surface area contributed by atoms with Crippen LogP contribution in [0.4, 0.5) is 0 Å². The minimum Gasteiger partial charge on any atom is -0.303 e. The number of hydrogen-bond donors (Lipinski definition) is 0. The van der Waals surface area contributed by atoms with Gasteiger partial charge in [-0.3, -0.25) is 4.79 Å². The lowest BCUT2D eigenvalue weighted by atomic mass is 10.0. The maximum Gasteiger partial charge on any atom is 0.254 e. The van der Waals surface area contributed by atoms with Crippen molar-refractivity contribution in [1.29, 1.82) is 0 Å². The van der Waals surface area contributed by atoms with Crippen LogP contribution in [0.3, 0.4) is 0 Å². The molecule has 0 bridgehead atoms. The first-order valence-corrected chi connectivity index (χ1v) is 7.75. The van der Waals surface area contributed by atoms with Crippen molar-refractivity contribution in [3.8, 4) is 11.4 Å². The summed E-state index contributed by atoms with van der Waals surface area (Å²) in [7, 11) is 0. The summed E-state index contributed by atoms with van der Waals surface area (Å²) in [6.45, 7) is 2.40. The molecule has 3 aromatic rings. The molecule has 1 aliphatic rings. The van der Waals surface area contributed by atoms with Crippen molar-refractivity contribution in [1.82, 2.24) is 9.55 Å². The Morgan fingerprint density at radius 3 is 2.91 bits per heavy atom. The number of aromatic nitrogens is 2. The second-order valence-electron chi connectivity index (χ2n) is 5.97. The van der Waals surface area contributed by atoms with Crippen LogP contribution in [0, 0.1) is 6.92 Å². The maximum absolute atomic E-state index is 12.7. The molecule has 0 radical (unpaired) electrons. The van der Waals surface area contributed by atoms with E-state index in [1.54, 1.807) is 4.57 Å². The van der Waals surface area contributed by atoms with Crippen LogP contribution in [-0.4, -0.2) is 15.8 Å². The molecule has 4 rings (SSSR count). The standard InChI is InChI=1S/C19H16N2O2/c1-12-13(6-4-8-22)10-17-18-15(11-21(17)19(12)23)9-14-5-2-3-7-16(14)20-18/h2-3,5,7-10H,4,6,11H2,1H3. The number of hydrogen-bond acceptors (Lipinski definition) is 3. The van der Waals surface area contributed by atoms with Gasteiger partial charge in [0.2, 0.25) is 0 Å². The van der Waals surface area contributed by atoms with E-state index in [2.05, 4.69) is 6.07 Å². The zero-order valence-corrected chi connectivity index (χ0v) is 12.9. The van der Waals surface area contributed by atoms with Crippen LogP contribution in [-0.2, 0) is 17.8 Å². The van der Waals surface area contributed by atoms with Crippen molar-refractivity contribution >= 4 is 17.2 Å². The first kappa shape index (κ1) is 13.9. The van der Waals surface area contributed by atoms with Crippen molar-refractivity contribution in [2.75, 3.05) is 0 Å². The summed E-state index contributed by atoms with van der Waals surface area (Å²) in [5.41, 5.74) is 5.44. The molecule has 4 heteroatoms. The van der Waals surface area contributed by atoms with Crippen molar-refractivity contribution in [3.05, 3.63) is 63.4 Å². The fraction of sp³-hybridized carbons (Fsp3) is 0.211. The number of carbonyl (C=O) groups is 1. The Kier molecular flexibility index (Phi) is 3.11. The quantitative estimate of drug-likeness (QED) is 0.547. The third kappa shape index (κ3) is 2.10. The lowest BCUT2D eigenvalue weighted by Crippen LogP contribution is -2.22. The molecule has 0 N–H and O–H groups in total. The average molecular weight is 304 g/mol. The van der Waals surface area contributed by atoms with Gasteiger partial charge in [-0.25, -0.2) is 4.98 Å². The Bertz CT molecular complexity index is 1000. The van der Waals surface area contributed by atoms with E-state index in [4.69, 9.17) is 4.98 Å². The molecule has 0 unspecified atom stereocenters. The fourth-order valence-corrected chi connectivity index (χ4v) is 3.30. The summed E-state index contributed by atoms with van der Waals surface area (Å²) in [5, 5.41) is 1.09.